The first-order valence-corrected chi connectivity index (χ1v) is 10.2. The van der Waals surface area contributed by atoms with Crippen LogP contribution in [0.3, 0.4) is 0 Å². The van der Waals surface area contributed by atoms with E-state index in [9.17, 15) is 23.2 Å². The fourth-order valence-electron chi connectivity index (χ4n) is 3.31. The average Bonchev–Trinajstić information content (AvgIpc) is 2.73. The number of nitrogens with zero attached hydrogens (tertiary/aromatic N) is 2. The summed E-state index contributed by atoms with van der Waals surface area (Å²) in [4.78, 5) is -0.429. The van der Waals surface area contributed by atoms with Crippen molar-refractivity contribution >= 4 is 43.0 Å². The molecule has 0 bridgehead atoms. The molecule has 0 aromatic heterocycles. The van der Waals surface area contributed by atoms with Crippen LogP contribution in [0.15, 0.2) is 75.8 Å². The molecule has 9 heteroatoms. The lowest BCUT2D eigenvalue weighted by molar-refractivity contribution is 0.410. The monoisotopic (exact) mass is 424 g/mol. The van der Waals surface area contributed by atoms with Gasteiger partial charge in [0.25, 0.3) is 10.1 Å². The Morgan fingerprint density at radius 3 is 1.90 bits per heavy atom. The largest absolute Gasteiger partial charge is 0.507 e. The highest BCUT2D eigenvalue weighted by Crippen LogP contribution is 2.44. The fraction of sp³-hybridized carbons (Fsp3) is 0.0476. The van der Waals surface area contributed by atoms with Gasteiger partial charge in [-0.3, -0.25) is 4.55 Å². The number of hydrogen-bond donors (Lipinski definition) is 3. The zero-order valence-corrected chi connectivity index (χ0v) is 16.5. The Kier molecular flexibility index (Phi) is 4.76. The van der Waals surface area contributed by atoms with Crippen molar-refractivity contribution in [3.63, 3.8) is 0 Å². The lowest BCUT2D eigenvalue weighted by Gasteiger charge is -2.11. The number of fused-ring (bicyclic) bond motifs is 2. The Morgan fingerprint density at radius 1 is 0.767 bits per heavy atom. The van der Waals surface area contributed by atoms with Gasteiger partial charge in [-0.25, -0.2) is 0 Å². The van der Waals surface area contributed by atoms with E-state index in [2.05, 4.69) is 10.2 Å². The van der Waals surface area contributed by atoms with Gasteiger partial charge in [0.2, 0.25) is 0 Å². The first-order valence-electron chi connectivity index (χ1n) is 8.74. The molecule has 0 aliphatic rings. The molecule has 0 amide bonds. The van der Waals surface area contributed by atoms with Crippen molar-refractivity contribution in [2.24, 2.45) is 10.2 Å². The summed E-state index contributed by atoms with van der Waals surface area (Å²) in [6.07, 6.45) is 0. The van der Waals surface area contributed by atoms with Crippen molar-refractivity contribution in [3.8, 4) is 17.2 Å². The molecule has 0 aliphatic carbocycles. The number of ether oxygens (including phenoxy) is 1. The Balaban J connectivity index is 1.97. The molecular weight excluding hydrogens is 408 g/mol. The predicted octanol–water partition coefficient (Wildman–Crippen LogP) is 5.07. The van der Waals surface area contributed by atoms with Crippen LogP contribution in [0.25, 0.3) is 21.5 Å². The minimum absolute atomic E-state index is 0.0206. The van der Waals surface area contributed by atoms with Crippen LogP contribution in [0.4, 0.5) is 11.4 Å². The van der Waals surface area contributed by atoms with Crippen molar-refractivity contribution in [2.75, 3.05) is 7.11 Å². The van der Waals surface area contributed by atoms with Gasteiger partial charge in [-0.05, 0) is 0 Å². The minimum Gasteiger partial charge on any atom is -0.507 e. The normalized spacial score (nSPS) is 12.1. The lowest BCUT2D eigenvalue weighted by Crippen LogP contribution is -1.99. The molecule has 0 saturated carbocycles. The smallest absolute Gasteiger partial charge is 0.295 e. The van der Waals surface area contributed by atoms with Crippen LogP contribution in [-0.4, -0.2) is 30.3 Å². The maximum absolute atomic E-state index is 11.7. The predicted molar refractivity (Wildman–Crippen MR) is 112 cm³/mol. The number of phenols is 2. The van der Waals surface area contributed by atoms with E-state index in [0.29, 0.717) is 16.5 Å². The molecule has 0 atom stereocenters. The summed E-state index contributed by atoms with van der Waals surface area (Å²) in [7, 11) is -3.13. The summed E-state index contributed by atoms with van der Waals surface area (Å²) in [5.41, 5.74) is 0.352. The van der Waals surface area contributed by atoms with Crippen molar-refractivity contribution in [1.29, 1.82) is 0 Å². The van der Waals surface area contributed by atoms with E-state index >= 15 is 0 Å². The number of rotatable bonds is 4. The van der Waals surface area contributed by atoms with Gasteiger partial charge >= 0.3 is 0 Å². The topological polar surface area (TPSA) is 129 Å². The van der Waals surface area contributed by atoms with E-state index in [1.807, 2.05) is 0 Å². The molecule has 4 aromatic carbocycles. The van der Waals surface area contributed by atoms with Crippen LogP contribution in [0.1, 0.15) is 0 Å². The molecule has 4 rings (SSSR count). The second-order valence-electron chi connectivity index (χ2n) is 6.46. The molecule has 0 aliphatic heterocycles. The maximum atomic E-state index is 11.7. The van der Waals surface area contributed by atoms with E-state index in [0.717, 1.165) is 6.07 Å². The van der Waals surface area contributed by atoms with Gasteiger partial charge in [0.15, 0.2) is 5.75 Å². The summed E-state index contributed by atoms with van der Waals surface area (Å²) in [6.45, 7) is 0. The van der Waals surface area contributed by atoms with Gasteiger partial charge in [-0.2, -0.15) is 8.42 Å². The highest BCUT2D eigenvalue weighted by atomic mass is 32.2. The maximum Gasteiger partial charge on any atom is 0.295 e. The van der Waals surface area contributed by atoms with Gasteiger partial charge in [0, 0.05) is 33.7 Å². The zero-order chi connectivity index (χ0) is 21.5. The van der Waals surface area contributed by atoms with Crippen molar-refractivity contribution in [1.82, 2.24) is 0 Å². The third kappa shape index (κ3) is 3.30. The van der Waals surface area contributed by atoms with Crippen LogP contribution in [0.2, 0.25) is 0 Å². The van der Waals surface area contributed by atoms with Crippen LogP contribution in [0, 0.1) is 0 Å². The molecule has 4 aromatic rings. The second kappa shape index (κ2) is 7.29. The third-order valence-corrected chi connectivity index (χ3v) is 5.56. The first-order chi connectivity index (χ1) is 14.3. The molecule has 0 spiro atoms. The lowest BCUT2D eigenvalue weighted by atomic mass is 10.1. The quantitative estimate of drug-likeness (QED) is 0.310. The van der Waals surface area contributed by atoms with Crippen LogP contribution in [0.5, 0.6) is 17.2 Å². The minimum atomic E-state index is -4.56. The molecule has 3 N–H and O–H groups in total. The fourth-order valence-corrected chi connectivity index (χ4v) is 4.02. The van der Waals surface area contributed by atoms with E-state index < -0.39 is 20.8 Å². The molecular formula is C21H16N2O6S. The Morgan fingerprint density at radius 2 is 1.30 bits per heavy atom. The summed E-state index contributed by atoms with van der Waals surface area (Å²) in [6, 6.07) is 15.6. The summed E-state index contributed by atoms with van der Waals surface area (Å²) >= 11 is 0. The molecule has 0 unspecified atom stereocenters. The number of azo groups is 1. The highest BCUT2D eigenvalue weighted by molar-refractivity contribution is 7.86. The molecule has 0 heterocycles. The summed E-state index contributed by atoms with van der Waals surface area (Å²) in [5, 5.41) is 30.6. The molecule has 0 radical (unpaired) electrons. The molecule has 8 nitrogen and oxygen atoms in total. The van der Waals surface area contributed by atoms with Gasteiger partial charge < -0.3 is 14.9 Å². The SMILES string of the molecule is COc1cc(O)c2ccccc2c1N=Nc1c(O)cc(S(=O)(=O)O)c2ccccc12. The van der Waals surface area contributed by atoms with Crippen molar-refractivity contribution in [2.45, 2.75) is 4.90 Å². The Hall–Kier alpha value is -3.69. The third-order valence-electron chi connectivity index (χ3n) is 4.67. The van der Waals surface area contributed by atoms with E-state index in [1.54, 1.807) is 42.5 Å². The van der Waals surface area contributed by atoms with E-state index in [4.69, 9.17) is 4.74 Å². The summed E-state index contributed by atoms with van der Waals surface area (Å²) in [5.74, 6) is -0.173. The molecule has 0 saturated heterocycles. The number of hydrogen-bond acceptors (Lipinski definition) is 7. The van der Waals surface area contributed by atoms with Crippen LogP contribution < -0.4 is 4.74 Å². The number of benzene rings is 4. The highest BCUT2D eigenvalue weighted by Gasteiger charge is 2.20. The molecule has 0 fully saturated rings. The Labute approximate surface area is 171 Å². The van der Waals surface area contributed by atoms with E-state index in [1.165, 1.54) is 19.2 Å². The average molecular weight is 424 g/mol. The van der Waals surface area contributed by atoms with Gasteiger partial charge in [-0.1, -0.05) is 48.5 Å². The number of methoxy groups -OCH3 is 1. The molecule has 152 valence electrons. The number of phenolic OH excluding ortho intramolecular Hbond substituents is 2. The van der Waals surface area contributed by atoms with Crippen molar-refractivity contribution in [3.05, 3.63) is 60.7 Å². The van der Waals surface area contributed by atoms with E-state index in [-0.39, 0.29) is 28.0 Å². The molecule has 30 heavy (non-hydrogen) atoms. The van der Waals surface area contributed by atoms with Crippen molar-refractivity contribution < 1.29 is 27.9 Å². The summed E-state index contributed by atoms with van der Waals surface area (Å²) < 4.78 is 38.2. The van der Waals surface area contributed by atoms with Gasteiger partial charge in [0.05, 0.1) is 7.11 Å². The van der Waals surface area contributed by atoms with Crippen LogP contribution >= 0.6 is 0 Å². The van der Waals surface area contributed by atoms with Gasteiger partial charge in [-0.15, -0.1) is 10.2 Å². The second-order valence-corrected chi connectivity index (χ2v) is 7.85. The standard InChI is InChI=1S/C21H16N2O6S/c1-29-18-10-16(24)12-6-2-4-8-14(12)21(18)23-22-20-15-9-5-3-7-13(15)19(11-17(20)25)30(26,27)28/h2-11,24-25H,1H3,(H,26,27,28). The zero-order valence-electron chi connectivity index (χ0n) is 15.6. The number of aromatic hydroxyl groups is 2. The first kappa shape index (κ1) is 19.6. The Bertz CT molecular complexity index is 1430. The van der Waals surface area contributed by atoms with Gasteiger partial charge in [0.1, 0.15) is 27.8 Å². The van der Waals surface area contributed by atoms with Crippen LogP contribution in [-0.2, 0) is 10.1 Å².